The summed E-state index contributed by atoms with van der Waals surface area (Å²) < 4.78 is 47.6. The van der Waals surface area contributed by atoms with E-state index in [0.717, 1.165) is 10.8 Å². The highest BCUT2D eigenvalue weighted by Crippen LogP contribution is 2.30. The normalized spacial score (nSPS) is 11.3. The lowest BCUT2D eigenvalue weighted by Gasteiger charge is -2.11. The van der Waals surface area contributed by atoms with Gasteiger partial charge in [-0.2, -0.15) is 0 Å². The monoisotopic (exact) mass is 471 g/mol. The second kappa shape index (κ2) is 8.56. The molecule has 0 spiro atoms. The zero-order valence-electron chi connectivity index (χ0n) is 17.0. The molecule has 1 aromatic heterocycles. The van der Waals surface area contributed by atoms with Gasteiger partial charge in [-0.25, -0.2) is 17.8 Å². The van der Waals surface area contributed by atoms with Crippen LogP contribution in [0.25, 0.3) is 10.2 Å². The van der Waals surface area contributed by atoms with E-state index in [0.29, 0.717) is 22.0 Å². The zero-order valence-corrected chi connectivity index (χ0v) is 18.7. The second-order valence-corrected chi connectivity index (χ2v) is 9.58. The number of ether oxygens (including phenoxy) is 1. The van der Waals surface area contributed by atoms with Crippen molar-refractivity contribution >= 4 is 48.3 Å². The molecule has 0 aliphatic heterocycles. The van der Waals surface area contributed by atoms with Gasteiger partial charge in [-0.3, -0.25) is 14.8 Å². The number of anilines is 2. The molecule has 1 heterocycles. The van der Waals surface area contributed by atoms with Gasteiger partial charge in [0.2, 0.25) is 0 Å². The Morgan fingerprint density at radius 1 is 1.09 bits per heavy atom. The fourth-order valence-electron chi connectivity index (χ4n) is 3.01. The van der Waals surface area contributed by atoms with Crippen molar-refractivity contribution in [2.75, 3.05) is 17.1 Å². The molecule has 164 valence electrons. The van der Waals surface area contributed by atoms with Crippen LogP contribution < -0.4 is 14.8 Å². The first kappa shape index (κ1) is 21.7. The molecular weight excluding hydrogens is 453 g/mol. The number of thiazole rings is 1. The van der Waals surface area contributed by atoms with E-state index in [1.165, 1.54) is 47.7 Å². The first-order valence-electron chi connectivity index (χ1n) is 9.41. The quantitative estimate of drug-likeness (QED) is 0.421. The second-order valence-electron chi connectivity index (χ2n) is 6.87. The number of rotatable bonds is 6. The number of nitrogens with one attached hydrogen (secondary N) is 2. The number of methoxy groups -OCH3 is 1. The minimum absolute atomic E-state index is 0.162. The summed E-state index contributed by atoms with van der Waals surface area (Å²) in [6, 6.07) is 15.0. The number of benzene rings is 3. The lowest BCUT2D eigenvalue weighted by molar-refractivity contribution is 0.102. The maximum absolute atomic E-state index is 13.9. The van der Waals surface area contributed by atoms with E-state index >= 15 is 0 Å². The summed E-state index contributed by atoms with van der Waals surface area (Å²) in [4.78, 5) is 17.1. The van der Waals surface area contributed by atoms with Crippen LogP contribution in [0.1, 0.15) is 15.9 Å². The first-order valence-corrected chi connectivity index (χ1v) is 11.7. The molecule has 0 radical (unpaired) electrons. The van der Waals surface area contributed by atoms with Gasteiger partial charge in [0.1, 0.15) is 11.6 Å². The van der Waals surface area contributed by atoms with Gasteiger partial charge < -0.3 is 4.74 Å². The standard InChI is InChI=1S/C22H18FN3O4S2/c1-13-7-9-15(32(28,29)26-18-6-4-3-5-17(18)23)12-16(13)21(27)25-22-24-19-10-8-14(30-2)11-20(19)31-22/h3-12,26H,1-2H3,(H,24,25,27). The smallest absolute Gasteiger partial charge is 0.262 e. The third-order valence-electron chi connectivity index (χ3n) is 4.70. The number of para-hydroxylation sites is 1. The highest BCUT2D eigenvalue weighted by atomic mass is 32.2. The van der Waals surface area contributed by atoms with Gasteiger partial charge in [0, 0.05) is 5.56 Å². The molecule has 32 heavy (non-hydrogen) atoms. The number of halogens is 1. The number of sulfonamides is 1. The van der Waals surface area contributed by atoms with Gasteiger partial charge in [-0.05, 0) is 55.0 Å². The summed E-state index contributed by atoms with van der Waals surface area (Å²) in [5.74, 6) is -0.528. The molecule has 2 N–H and O–H groups in total. The Bertz CT molecular complexity index is 1430. The number of carbonyl (C=O) groups excluding carboxylic acids is 1. The van der Waals surface area contributed by atoms with E-state index in [1.807, 2.05) is 6.07 Å². The van der Waals surface area contributed by atoms with Crippen LogP contribution in [0, 0.1) is 12.7 Å². The summed E-state index contributed by atoms with van der Waals surface area (Å²) in [5, 5.41) is 3.09. The third-order valence-corrected chi connectivity index (χ3v) is 6.99. The molecule has 0 unspecified atom stereocenters. The first-order chi connectivity index (χ1) is 15.3. The number of hydrogen-bond donors (Lipinski definition) is 2. The maximum Gasteiger partial charge on any atom is 0.262 e. The molecule has 7 nitrogen and oxygen atoms in total. The molecular formula is C22H18FN3O4S2. The Kier molecular flexibility index (Phi) is 5.81. The van der Waals surface area contributed by atoms with Gasteiger partial charge in [-0.1, -0.05) is 29.5 Å². The van der Waals surface area contributed by atoms with Crippen LogP contribution in [-0.2, 0) is 10.0 Å². The number of aromatic nitrogens is 1. The summed E-state index contributed by atoms with van der Waals surface area (Å²) in [6.07, 6.45) is 0. The Labute approximate surface area is 187 Å². The molecule has 0 saturated heterocycles. The Balaban J connectivity index is 1.61. The van der Waals surface area contributed by atoms with Crippen LogP contribution in [0.4, 0.5) is 15.2 Å². The molecule has 0 atom stereocenters. The fraction of sp³-hybridized carbons (Fsp3) is 0.0909. The van der Waals surface area contributed by atoms with E-state index in [-0.39, 0.29) is 16.1 Å². The van der Waals surface area contributed by atoms with E-state index < -0.39 is 21.7 Å². The average molecular weight is 472 g/mol. The van der Waals surface area contributed by atoms with Crippen LogP contribution in [0.3, 0.4) is 0 Å². The SMILES string of the molecule is COc1ccc2nc(NC(=O)c3cc(S(=O)(=O)Nc4ccccc4F)ccc3C)sc2c1. The predicted molar refractivity (Wildman–Crippen MR) is 123 cm³/mol. The summed E-state index contributed by atoms with van der Waals surface area (Å²) in [6.45, 7) is 1.69. The van der Waals surface area contributed by atoms with Crippen molar-refractivity contribution in [2.24, 2.45) is 0 Å². The van der Waals surface area contributed by atoms with Crippen LogP contribution in [0.5, 0.6) is 5.75 Å². The van der Waals surface area contributed by atoms with E-state index in [1.54, 1.807) is 26.2 Å². The lowest BCUT2D eigenvalue weighted by atomic mass is 10.1. The number of nitrogens with zero attached hydrogens (tertiary/aromatic N) is 1. The molecule has 0 aliphatic rings. The van der Waals surface area contributed by atoms with Crippen molar-refractivity contribution in [1.82, 2.24) is 4.98 Å². The van der Waals surface area contributed by atoms with Crippen molar-refractivity contribution in [3.63, 3.8) is 0 Å². The van der Waals surface area contributed by atoms with Crippen molar-refractivity contribution in [2.45, 2.75) is 11.8 Å². The van der Waals surface area contributed by atoms with Crippen LogP contribution >= 0.6 is 11.3 Å². The summed E-state index contributed by atoms with van der Waals surface area (Å²) in [5.41, 5.74) is 1.27. The van der Waals surface area contributed by atoms with Crippen molar-refractivity contribution in [1.29, 1.82) is 0 Å². The molecule has 3 aromatic carbocycles. The van der Waals surface area contributed by atoms with Gasteiger partial charge in [0.05, 0.1) is 27.9 Å². The Morgan fingerprint density at radius 2 is 1.88 bits per heavy atom. The lowest BCUT2D eigenvalue weighted by Crippen LogP contribution is -2.17. The molecule has 4 rings (SSSR count). The Hall–Kier alpha value is -3.50. The highest BCUT2D eigenvalue weighted by molar-refractivity contribution is 7.92. The minimum atomic E-state index is -4.11. The van der Waals surface area contributed by atoms with Crippen molar-refractivity contribution in [3.05, 3.63) is 77.6 Å². The number of carbonyl (C=O) groups is 1. The number of hydrogen-bond acceptors (Lipinski definition) is 6. The summed E-state index contributed by atoms with van der Waals surface area (Å²) in [7, 11) is -2.54. The fourth-order valence-corrected chi connectivity index (χ4v) is 4.99. The van der Waals surface area contributed by atoms with Crippen LogP contribution in [0.2, 0.25) is 0 Å². The van der Waals surface area contributed by atoms with Gasteiger partial charge >= 0.3 is 0 Å². The topological polar surface area (TPSA) is 97.4 Å². The molecule has 0 bridgehead atoms. The Morgan fingerprint density at radius 3 is 2.62 bits per heavy atom. The van der Waals surface area contributed by atoms with Gasteiger partial charge in [0.25, 0.3) is 15.9 Å². The molecule has 0 aliphatic carbocycles. The predicted octanol–water partition coefficient (Wildman–Crippen LogP) is 4.81. The molecule has 0 saturated carbocycles. The number of aryl methyl sites for hydroxylation is 1. The van der Waals surface area contributed by atoms with Gasteiger partial charge in [-0.15, -0.1) is 0 Å². The maximum atomic E-state index is 13.9. The van der Waals surface area contributed by atoms with Crippen LogP contribution in [0.15, 0.2) is 65.6 Å². The summed E-state index contributed by atoms with van der Waals surface area (Å²) >= 11 is 1.27. The zero-order chi connectivity index (χ0) is 22.9. The highest BCUT2D eigenvalue weighted by Gasteiger charge is 2.20. The van der Waals surface area contributed by atoms with Gasteiger partial charge in [0.15, 0.2) is 5.13 Å². The number of fused-ring (bicyclic) bond motifs is 1. The largest absolute Gasteiger partial charge is 0.497 e. The number of amides is 1. The third kappa shape index (κ3) is 4.41. The van der Waals surface area contributed by atoms with E-state index in [2.05, 4.69) is 15.0 Å². The van der Waals surface area contributed by atoms with Crippen molar-refractivity contribution in [3.8, 4) is 5.75 Å². The molecule has 1 amide bonds. The van der Waals surface area contributed by atoms with E-state index in [4.69, 9.17) is 4.74 Å². The minimum Gasteiger partial charge on any atom is -0.497 e. The van der Waals surface area contributed by atoms with Crippen LogP contribution in [-0.4, -0.2) is 26.4 Å². The average Bonchev–Trinajstić information content (AvgIpc) is 3.16. The van der Waals surface area contributed by atoms with E-state index in [9.17, 15) is 17.6 Å². The molecule has 10 heteroatoms. The molecule has 4 aromatic rings. The van der Waals surface area contributed by atoms with Crippen molar-refractivity contribution < 1.29 is 22.3 Å². The molecule has 0 fully saturated rings.